The molecular weight excluding hydrogens is 436 g/mol. The Morgan fingerprint density at radius 1 is 1.09 bits per heavy atom. The van der Waals surface area contributed by atoms with Crippen LogP contribution in [0.5, 0.6) is 0 Å². The van der Waals surface area contributed by atoms with Gasteiger partial charge in [-0.2, -0.15) is 0 Å². The number of nitrogens with one attached hydrogen (secondary N) is 1. The van der Waals surface area contributed by atoms with Crippen molar-refractivity contribution in [1.29, 1.82) is 0 Å². The van der Waals surface area contributed by atoms with E-state index in [2.05, 4.69) is 65.5 Å². The Hall–Kier alpha value is -2.44. The summed E-state index contributed by atoms with van der Waals surface area (Å²) in [6.45, 7) is 4.77. The van der Waals surface area contributed by atoms with Gasteiger partial charge in [0.1, 0.15) is 5.82 Å². The second-order valence-electron chi connectivity index (χ2n) is 10.9. The molecule has 0 unspecified atom stereocenters. The molecule has 3 heterocycles. The fourth-order valence-electron chi connectivity index (χ4n) is 6.31. The minimum absolute atomic E-state index is 0.0352. The SMILES string of the molecule is COC1CCC(Nc2cc3c(cn2)C[C@H](C)N(C(=O)[C@H]2CCN(C)C[C@@H]2c2ccccc2)C3)CC1. The number of piperidine rings is 1. The van der Waals surface area contributed by atoms with Gasteiger partial charge >= 0.3 is 0 Å². The molecule has 3 aliphatic rings. The predicted molar refractivity (Wildman–Crippen MR) is 139 cm³/mol. The van der Waals surface area contributed by atoms with Crippen LogP contribution in [0, 0.1) is 5.92 Å². The van der Waals surface area contributed by atoms with Gasteiger partial charge in [-0.3, -0.25) is 4.79 Å². The lowest BCUT2D eigenvalue weighted by Crippen LogP contribution is -2.50. The molecule has 3 atom stereocenters. The predicted octanol–water partition coefficient (Wildman–Crippen LogP) is 4.46. The van der Waals surface area contributed by atoms with Crippen molar-refractivity contribution in [3.63, 3.8) is 0 Å². The van der Waals surface area contributed by atoms with E-state index in [9.17, 15) is 4.79 Å². The number of carbonyl (C=O) groups excluding carboxylic acids is 1. The molecule has 2 fully saturated rings. The lowest BCUT2D eigenvalue weighted by atomic mass is 9.79. The third kappa shape index (κ3) is 5.39. The maximum absolute atomic E-state index is 14.0. The molecule has 1 N–H and O–H groups in total. The number of benzene rings is 1. The molecule has 5 rings (SSSR count). The summed E-state index contributed by atoms with van der Waals surface area (Å²) in [5.74, 6) is 1.53. The maximum atomic E-state index is 14.0. The zero-order chi connectivity index (χ0) is 24.4. The number of hydrogen-bond acceptors (Lipinski definition) is 5. The van der Waals surface area contributed by atoms with E-state index in [1.165, 1.54) is 16.7 Å². The molecule has 1 amide bonds. The summed E-state index contributed by atoms with van der Waals surface area (Å²) in [6.07, 6.45) is 8.61. The first-order valence-electron chi connectivity index (χ1n) is 13.3. The highest BCUT2D eigenvalue weighted by Crippen LogP contribution is 2.36. The Labute approximate surface area is 210 Å². The van der Waals surface area contributed by atoms with Gasteiger partial charge in [-0.25, -0.2) is 4.98 Å². The number of amides is 1. The van der Waals surface area contributed by atoms with Crippen molar-refractivity contribution >= 4 is 11.7 Å². The van der Waals surface area contributed by atoms with Crippen molar-refractivity contribution < 1.29 is 9.53 Å². The smallest absolute Gasteiger partial charge is 0.226 e. The number of anilines is 1. The number of methoxy groups -OCH3 is 1. The largest absolute Gasteiger partial charge is 0.381 e. The number of pyridine rings is 1. The van der Waals surface area contributed by atoms with Gasteiger partial charge < -0.3 is 19.9 Å². The number of hydrogen-bond donors (Lipinski definition) is 1. The molecular formula is C29H40N4O2. The fourth-order valence-corrected chi connectivity index (χ4v) is 6.31. The van der Waals surface area contributed by atoms with Crippen LogP contribution in [0.2, 0.25) is 0 Å². The van der Waals surface area contributed by atoms with Crippen LogP contribution in [0.25, 0.3) is 0 Å². The monoisotopic (exact) mass is 476 g/mol. The first-order valence-corrected chi connectivity index (χ1v) is 13.3. The number of carbonyl (C=O) groups is 1. The van der Waals surface area contributed by atoms with E-state index in [0.29, 0.717) is 24.6 Å². The third-order valence-electron chi connectivity index (χ3n) is 8.47. The number of likely N-dealkylation sites (N-methyl/N-ethyl adjacent to an activating group) is 1. The number of ether oxygens (including phenoxy) is 1. The average Bonchev–Trinajstić information content (AvgIpc) is 2.89. The maximum Gasteiger partial charge on any atom is 0.226 e. The molecule has 1 aromatic heterocycles. The Bertz CT molecular complexity index is 1000. The summed E-state index contributed by atoms with van der Waals surface area (Å²) in [7, 11) is 3.98. The number of aromatic nitrogens is 1. The van der Waals surface area contributed by atoms with Crippen LogP contribution < -0.4 is 5.32 Å². The minimum Gasteiger partial charge on any atom is -0.381 e. The molecule has 0 spiro atoms. The van der Waals surface area contributed by atoms with Gasteiger partial charge in [0.05, 0.1) is 6.10 Å². The van der Waals surface area contributed by atoms with Gasteiger partial charge in [0.25, 0.3) is 0 Å². The van der Waals surface area contributed by atoms with Gasteiger partial charge in [-0.15, -0.1) is 0 Å². The van der Waals surface area contributed by atoms with Gasteiger partial charge in [0.15, 0.2) is 0 Å². The highest BCUT2D eigenvalue weighted by molar-refractivity contribution is 5.81. The van der Waals surface area contributed by atoms with E-state index in [0.717, 1.165) is 57.4 Å². The van der Waals surface area contributed by atoms with Crippen molar-refractivity contribution in [2.24, 2.45) is 5.92 Å². The first kappa shape index (κ1) is 24.3. The van der Waals surface area contributed by atoms with Crippen LogP contribution in [-0.4, -0.2) is 66.1 Å². The summed E-state index contributed by atoms with van der Waals surface area (Å²) in [5, 5.41) is 3.65. The lowest BCUT2D eigenvalue weighted by molar-refractivity contribution is -0.141. The van der Waals surface area contributed by atoms with Crippen molar-refractivity contribution in [2.45, 2.75) is 76.1 Å². The molecule has 1 aliphatic carbocycles. The van der Waals surface area contributed by atoms with Crippen LogP contribution in [0.3, 0.4) is 0 Å². The Kier molecular flexibility index (Phi) is 7.40. The quantitative estimate of drug-likeness (QED) is 0.691. The molecule has 1 saturated heterocycles. The molecule has 2 aromatic rings. The van der Waals surface area contributed by atoms with Gasteiger partial charge in [-0.1, -0.05) is 30.3 Å². The van der Waals surface area contributed by atoms with Crippen molar-refractivity contribution in [3.05, 3.63) is 59.3 Å². The van der Waals surface area contributed by atoms with E-state index in [1.54, 1.807) is 0 Å². The highest BCUT2D eigenvalue weighted by Gasteiger charge is 2.39. The van der Waals surface area contributed by atoms with Crippen molar-refractivity contribution in [2.75, 3.05) is 32.6 Å². The highest BCUT2D eigenvalue weighted by atomic mass is 16.5. The first-order chi connectivity index (χ1) is 17.0. The zero-order valence-corrected chi connectivity index (χ0v) is 21.5. The van der Waals surface area contributed by atoms with Crippen LogP contribution in [0.4, 0.5) is 5.82 Å². The molecule has 0 radical (unpaired) electrons. The minimum atomic E-state index is 0.0352. The molecule has 0 bridgehead atoms. The number of nitrogens with zero attached hydrogens (tertiary/aromatic N) is 3. The fraction of sp³-hybridized carbons (Fsp3) is 0.586. The molecule has 35 heavy (non-hydrogen) atoms. The molecule has 6 heteroatoms. The van der Waals surface area contributed by atoms with Crippen LogP contribution in [-0.2, 0) is 22.5 Å². The molecule has 6 nitrogen and oxygen atoms in total. The summed E-state index contributed by atoms with van der Waals surface area (Å²) < 4.78 is 5.52. The van der Waals surface area contributed by atoms with E-state index in [4.69, 9.17) is 9.72 Å². The van der Waals surface area contributed by atoms with Crippen LogP contribution in [0.15, 0.2) is 42.6 Å². The Balaban J connectivity index is 1.30. The second-order valence-corrected chi connectivity index (χ2v) is 10.9. The Morgan fingerprint density at radius 3 is 2.60 bits per heavy atom. The van der Waals surface area contributed by atoms with Crippen molar-refractivity contribution in [3.8, 4) is 0 Å². The summed E-state index contributed by atoms with van der Waals surface area (Å²) >= 11 is 0. The molecule has 1 aromatic carbocycles. The van der Waals surface area contributed by atoms with Crippen LogP contribution >= 0.6 is 0 Å². The molecule has 2 aliphatic heterocycles. The van der Waals surface area contributed by atoms with E-state index in [-0.39, 0.29) is 17.9 Å². The van der Waals surface area contributed by atoms with Gasteiger partial charge in [0.2, 0.25) is 5.91 Å². The molecule has 1 saturated carbocycles. The standard InChI is InChI=1S/C29H40N4O2/c1-20-15-22-17-30-28(31-24-9-11-25(35-3)12-10-24)16-23(22)18-33(20)29(34)26-13-14-32(2)19-27(26)21-7-5-4-6-8-21/h4-8,16-17,20,24-27H,9-15,18-19H2,1-3H3,(H,30,31)/t20-,24?,25?,26-,27+/m0/s1. The normalized spacial score (nSPS) is 29.5. The molecule has 188 valence electrons. The summed E-state index contributed by atoms with van der Waals surface area (Å²) in [4.78, 5) is 23.2. The second kappa shape index (κ2) is 10.7. The summed E-state index contributed by atoms with van der Waals surface area (Å²) in [5.41, 5.74) is 3.79. The van der Waals surface area contributed by atoms with Gasteiger partial charge in [0, 0.05) is 50.3 Å². The lowest BCUT2D eigenvalue weighted by Gasteiger charge is -2.42. The van der Waals surface area contributed by atoms with Crippen LogP contribution in [0.1, 0.15) is 61.6 Å². The Morgan fingerprint density at radius 2 is 1.86 bits per heavy atom. The number of fused-ring (bicyclic) bond motifs is 1. The zero-order valence-electron chi connectivity index (χ0n) is 21.5. The third-order valence-corrected chi connectivity index (χ3v) is 8.47. The van der Waals surface area contributed by atoms with E-state index >= 15 is 0 Å². The summed E-state index contributed by atoms with van der Waals surface area (Å²) in [6, 6.07) is 13.4. The van der Waals surface area contributed by atoms with E-state index < -0.39 is 0 Å². The van der Waals surface area contributed by atoms with Gasteiger partial charge in [-0.05, 0) is 81.8 Å². The van der Waals surface area contributed by atoms with E-state index in [1.807, 2.05) is 13.3 Å². The van der Waals surface area contributed by atoms with Crippen molar-refractivity contribution in [1.82, 2.24) is 14.8 Å². The average molecular weight is 477 g/mol. The number of rotatable bonds is 5. The topological polar surface area (TPSA) is 57.7 Å². The number of likely N-dealkylation sites (tertiary alicyclic amines) is 1.